The fourth-order valence-electron chi connectivity index (χ4n) is 3.48. The molecule has 23 heavy (non-hydrogen) atoms. The maximum Gasteiger partial charge on any atom is 0.489 e. The molecule has 2 atom stereocenters. The Balaban J connectivity index is 1.89. The second-order valence-electron chi connectivity index (χ2n) is 6.68. The van der Waals surface area contributed by atoms with E-state index < -0.39 is 12.4 Å². The zero-order valence-electron chi connectivity index (χ0n) is 13.9. The average Bonchev–Trinajstić information content (AvgIpc) is 3.00. The number of rotatable bonds is 5. The molecule has 0 spiro atoms. The van der Waals surface area contributed by atoms with Crippen molar-refractivity contribution in [3.63, 3.8) is 0 Å². The van der Waals surface area contributed by atoms with Crippen molar-refractivity contribution in [2.45, 2.75) is 63.5 Å². The fraction of sp³-hybridized carbons (Fsp3) is 0.933. The third-order valence-electron chi connectivity index (χ3n) is 4.77. The van der Waals surface area contributed by atoms with E-state index in [9.17, 15) is 18.0 Å². The van der Waals surface area contributed by atoms with Crippen molar-refractivity contribution >= 4 is 6.09 Å². The van der Waals surface area contributed by atoms with Gasteiger partial charge in [0.25, 0.3) is 0 Å². The highest BCUT2D eigenvalue weighted by molar-refractivity contribution is 5.67. The number of hydrogen-bond donors (Lipinski definition) is 0. The quantitative estimate of drug-likeness (QED) is 0.723. The van der Waals surface area contributed by atoms with E-state index in [-0.39, 0.29) is 29.2 Å². The smallest absolute Gasteiger partial charge is 0.448 e. The van der Waals surface area contributed by atoms with Crippen molar-refractivity contribution in [2.24, 2.45) is 0 Å². The second-order valence-corrected chi connectivity index (χ2v) is 6.68. The monoisotopic (exact) mass is 338 g/mol. The summed E-state index contributed by atoms with van der Waals surface area (Å²) in [6.07, 6.45) is -2.13. The Kier molecular flexibility index (Phi) is 5.45. The van der Waals surface area contributed by atoms with Crippen molar-refractivity contribution in [1.82, 2.24) is 9.80 Å². The summed E-state index contributed by atoms with van der Waals surface area (Å²) in [5.74, 6) is 0. The van der Waals surface area contributed by atoms with Gasteiger partial charge in [0.1, 0.15) is 6.61 Å². The van der Waals surface area contributed by atoms with Gasteiger partial charge in [-0.2, -0.15) is 0 Å². The Labute approximate surface area is 134 Å². The van der Waals surface area contributed by atoms with Crippen molar-refractivity contribution in [2.75, 3.05) is 26.8 Å². The first-order valence-electron chi connectivity index (χ1n) is 8.01. The van der Waals surface area contributed by atoms with Crippen LogP contribution in [0.3, 0.4) is 0 Å². The summed E-state index contributed by atoms with van der Waals surface area (Å²) < 4.78 is 48.0. The summed E-state index contributed by atoms with van der Waals surface area (Å²) in [5, 5.41) is 0. The number of fused-ring (bicyclic) bond motifs is 1. The van der Waals surface area contributed by atoms with Gasteiger partial charge in [-0.15, -0.1) is 13.2 Å². The first-order chi connectivity index (χ1) is 10.7. The summed E-state index contributed by atoms with van der Waals surface area (Å²) in [6.45, 7) is 5.45. The van der Waals surface area contributed by atoms with Gasteiger partial charge >= 0.3 is 12.4 Å². The van der Waals surface area contributed by atoms with Crippen molar-refractivity contribution in [3.05, 3.63) is 0 Å². The van der Waals surface area contributed by atoms with Crippen molar-refractivity contribution < 1.29 is 27.4 Å². The standard InChI is InChI=1S/C15H25F3N2O3/c1-11(2)23-10-14-6-4-8-20(14)12(5-7-14)9-22-13(21)19(3)15(16,17)18/h11-12H,4-10H2,1-3H3. The highest BCUT2D eigenvalue weighted by atomic mass is 19.4. The molecule has 2 saturated heterocycles. The summed E-state index contributed by atoms with van der Waals surface area (Å²) in [7, 11) is 0.674. The molecule has 0 aromatic carbocycles. The third-order valence-corrected chi connectivity index (χ3v) is 4.77. The SMILES string of the molecule is CC(C)OCC12CCCN1C(COC(=O)N(C)C(F)(F)F)CC2. The molecular weight excluding hydrogens is 313 g/mol. The molecule has 0 aromatic rings. The van der Waals surface area contributed by atoms with Crippen molar-refractivity contribution in [1.29, 1.82) is 0 Å². The van der Waals surface area contributed by atoms with Crippen LogP contribution in [-0.4, -0.2) is 66.7 Å². The molecular formula is C15H25F3N2O3. The minimum absolute atomic E-state index is 0.0112. The summed E-state index contributed by atoms with van der Waals surface area (Å²) in [4.78, 5) is 13.4. The maximum absolute atomic E-state index is 12.5. The van der Waals surface area contributed by atoms with E-state index in [2.05, 4.69) is 4.90 Å². The molecule has 0 saturated carbocycles. The molecule has 8 heteroatoms. The van der Waals surface area contributed by atoms with Crippen LogP contribution >= 0.6 is 0 Å². The number of carbonyl (C=O) groups excluding carboxylic acids is 1. The lowest BCUT2D eigenvalue weighted by molar-refractivity contribution is -0.222. The Bertz CT molecular complexity index is 431. The summed E-state index contributed by atoms with van der Waals surface area (Å²) in [5.41, 5.74) is -0.0444. The van der Waals surface area contributed by atoms with Crippen LogP contribution in [-0.2, 0) is 9.47 Å². The van der Waals surface area contributed by atoms with Gasteiger partial charge in [0.05, 0.1) is 12.7 Å². The van der Waals surface area contributed by atoms with Gasteiger partial charge in [0.15, 0.2) is 0 Å². The number of alkyl halides is 3. The lowest BCUT2D eigenvalue weighted by atomic mass is 9.95. The summed E-state index contributed by atoms with van der Waals surface area (Å²) in [6, 6.07) is -0.0288. The van der Waals surface area contributed by atoms with Crippen molar-refractivity contribution in [3.8, 4) is 0 Å². The molecule has 0 radical (unpaired) electrons. The zero-order chi connectivity index (χ0) is 17.3. The van der Waals surface area contributed by atoms with E-state index >= 15 is 0 Å². The molecule has 2 aliphatic rings. The highest BCUT2D eigenvalue weighted by Gasteiger charge is 2.50. The van der Waals surface area contributed by atoms with E-state index in [0.29, 0.717) is 13.7 Å². The van der Waals surface area contributed by atoms with Gasteiger partial charge in [0.2, 0.25) is 0 Å². The van der Waals surface area contributed by atoms with E-state index in [1.807, 2.05) is 13.8 Å². The molecule has 2 unspecified atom stereocenters. The molecule has 5 nitrogen and oxygen atoms in total. The van der Waals surface area contributed by atoms with Crippen LogP contribution < -0.4 is 0 Å². The van der Waals surface area contributed by atoms with Crippen LogP contribution in [0.4, 0.5) is 18.0 Å². The minimum atomic E-state index is -4.71. The highest BCUT2D eigenvalue weighted by Crippen LogP contribution is 2.42. The predicted molar refractivity (Wildman–Crippen MR) is 77.9 cm³/mol. The van der Waals surface area contributed by atoms with Crippen LogP contribution in [0.5, 0.6) is 0 Å². The van der Waals surface area contributed by atoms with Gasteiger partial charge in [-0.05, 0) is 46.1 Å². The van der Waals surface area contributed by atoms with Gasteiger partial charge in [-0.1, -0.05) is 0 Å². The minimum Gasteiger partial charge on any atom is -0.448 e. The predicted octanol–water partition coefficient (Wildman–Crippen LogP) is 3.00. The van der Waals surface area contributed by atoms with E-state index in [4.69, 9.17) is 9.47 Å². The first-order valence-corrected chi connectivity index (χ1v) is 8.01. The molecule has 1 amide bonds. The Hall–Kier alpha value is -1.02. The average molecular weight is 338 g/mol. The van der Waals surface area contributed by atoms with Crippen LogP contribution in [0.25, 0.3) is 0 Å². The normalized spacial score (nSPS) is 28.2. The Morgan fingerprint density at radius 3 is 2.70 bits per heavy atom. The number of hydrogen-bond acceptors (Lipinski definition) is 4. The second kappa shape index (κ2) is 6.84. The van der Waals surface area contributed by atoms with Gasteiger partial charge in [0, 0.05) is 18.6 Å². The molecule has 2 fully saturated rings. The molecule has 2 rings (SSSR count). The molecule has 0 aliphatic carbocycles. The van der Waals surface area contributed by atoms with Gasteiger partial charge < -0.3 is 9.47 Å². The van der Waals surface area contributed by atoms with Gasteiger partial charge in [-0.3, -0.25) is 4.90 Å². The molecule has 2 aliphatic heterocycles. The van der Waals surface area contributed by atoms with E-state index in [0.717, 1.165) is 32.2 Å². The number of ether oxygens (including phenoxy) is 2. The first kappa shape index (κ1) is 18.3. The van der Waals surface area contributed by atoms with Crippen LogP contribution in [0.15, 0.2) is 0 Å². The lowest BCUT2D eigenvalue weighted by Gasteiger charge is -2.35. The van der Waals surface area contributed by atoms with Crippen LogP contribution in [0.2, 0.25) is 0 Å². The zero-order valence-corrected chi connectivity index (χ0v) is 13.9. The van der Waals surface area contributed by atoms with E-state index in [1.165, 1.54) is 0 Å². The summed E-state index contributed by atoms with van der Waals surface area (Å²) >= 11 is 0. The fourth-order valence-corrected chi connectivity index (χ4v) is 3.48. The number of amides is 1. The molecule has 0 aromatic heterocycles. The van der Waals surface area contributed by atoms with E-state index in [1.54, 1.807) is 0 Å². The van der Waals surface area contributed by atoms with Crippen LogP contribution in [0, 0.1) is 0 Å². The Morgan fingerprint density at radius 1 is 1.39 bits per heavy atom. The Morgan fingerprint density at radius 2 is 2.09 bits per heavy atom. The van der Waals surface area contributed by atoms with Gasteiger partial charge in [-0.25, -0.2) is 9.69 Å². The molecule has 0 N–H and O–H groups in total. The largest absolute Gasteiger partial charge is 0.489 e. The maximum atomic E-state index is 12.5. The molecule has 0 bridgehead atoms. The number of nitrogens with zero attached hydrogens (tertiary/aromatic N) is 2. The molecule has 134 valence electrons. The number of halogens is 3. The third kappa shape index (κ3) is 4.09. The lowest BCUT2D eigenvalue weighted by Crippen LogP contribution is -2.48. The van der Waals surface area contributed by atoms with Crippen LogP contribution in [0.1, 0.15) is 39.5 Å². The number of carbonyl (C=O) groups is 1. The molecule has 2 heterocycles. The topological polar surface area (TPSA) is 42.0 Å².